The summed E-state index contributed by atoms with van der Waals surface area (Å²) in [7, 11) is 1.76. The molecule has 0 atom stereocenters. The van der Waals surface area contributed by atoms with Crippen molar-refractivity contribution >= 4 is 17.6 Å². The molecule has 0 heterocycles. The first-order chi connectivity index (χ1) is 10.1. The van der Waals surface area contributed by atoms with Gasteiger partial charge in [-0.2, -0.15) is 0 Å². The second-order valence-electron chi connectivity index (χ2n) is 5.19. The number of benzene rings is 1. The molecule has 0 saturated heterocycles. The van der Waals surface area contributed by atoms with E-state index in [9.17, 15) is 4.79 Å². The Bertz CT molecular complexity index is 466. The van der Waals surface area contributed by atoms with Gasteiger partial charge in [0.15, 0.2) is 5.96 Å². The summed E-state index contributed by atoms with van der Waals surface area (Å²) in [5.41, 5.74) is 1.96. The van der Waals surface area contributed by atoms with Gasteiger partial charge in [0.1, 0.15) is 0 Å². The van der Waals surface area contributed by atoms with Gasteiger partial charge >= 0.3 is 0 Å². The minimum Gasteiger partial charge on any atom is -0.356 e. The van der Waals surface area contributed by atoms with Crippen LogP contribution in [0.1, 0.15) is 32.8 Å². The molecule has 0 radical (unpaired) electrons. The maximum atomic E-state index is 11.6. The van der Waals surface area contributed by atoms with E-state index in [0.717, 1.165) is 30.2 Å². The second-order valence-corrected chi connectivity index (χ2v) is 5.19. The van der Waals surface area contributed by atoms with E-state index in [4.69, 9.17) is 0 Å². The van der Waals surface area contributed by atoms with Gasteiger partial charge in [0.05, 0.1) is 0 Å². The largest absolute Gasteiger partial charge is 0.356 e. The van der Waals surface area contributed by atoms with Gasteiger partial charge in [-0.15, -0.1) is 0 Å². The number of hydrogen-bond acceptors (Lipinski definition) is 2. The van der Waals surface area contributed by atoms with Crippen LogP contribution in [0.4, 0.5) is 5.69 Å². The van der Waals surface area contributed by atoms with Crippen molar-refractivity contribution in [1.82, 2.24) is 10.6 Å². The average Bonchev–Trinajstić information content (AvgIpc) is 2.49. The molecule has 3 N–H and O–H groups in total. The maximum Gasteiger partial charge on any atom is 0.226 e. The number of anilines is 1. The monoisotopic (exact) mass is 290 g/mol. The first-order valence-corrected chi connectivity index (χ1v) is 7.41. The molecule has 0 fully saturated rings. The molecule has 0 spiro atoms. The van der Waals surface area contributed by atoms with Crippen LogP contribution in [-0.2, 0) is 11.3 Å². The number of amides is 1. The number of aliphatic imine (C=N–C) groups is 1. The van der Waals surface area contributed by atoms with Gasteiger partial charge in [-0.3, -0.25) is 9.79 Å². The summed E-state index contributed by atoms with van der Waals surface area (Å²) < 4.78 is 0. The molecule has 21 heavy (non-hydrogen) atoms. The zero-order valence-electron chi connectivity index (χ0n) is 13.4. The Morgan fingerprint density at radius 3 is 2.38 bits per heavy atom. The molecule has 1 amide bonds. The van der Waals surface area contributed by atoms with E-state index in [1.165, 1.54) is 0 Å². The van der Waals surface area contributed by atoms with Crippen LogP contribution >= 0.6 is 0 Å². The van der Waals surface area contributed by atoms with Crippen LogP contribution in [-0.4, -0.2) is 25.5 Å². The fraction of sp³-hybridized carbons (Fsp3) is 0.500. The molecule has 1 aromatic carbocycles. The molecule has 5 nitrogen and oxygen atoms in total. The molecule has 0 saturated carbocycles. The lowest BCUT2D eigenvalue weighted by molar-refractivity contribution is -0.118. The third-order valence-electron chi connectivity index (χ3n) is 2.97. The standard InChI is InChI=1S/C16H26N4O/c1-5-10-18-16(17-4)19-11-13-6-8-14(9-7-13)20-15(21)12(2)3/h6-9,12H,5,10-11H2,1-4H3,(H,20,21)(H2,17,18,19). The SMILES string of the molecule is CCCNC(=NC)NCc1ccc(NC(=O)C(C)C)cc1. The molecular formula is C16H26N4O. The van der Waals surface area contributed by atoms with Crippen molar-refractivity contribution in [3.8, 4) is 0 Å². The van der Waals surface area contributed by atoms with Gasteiger partial charge in [-0.05, 0) is 24.1 Å². The minimum absolute atomic E-state index is 0.0145. The van der Waals surface area contributed by atoms with Gasteiger partial charge in [-0.25, -0.2) is 0 Å². The van der Waals surface area contributed by atoms with Gasteiger partial charge < -0.3 is 16.0 Å². The van der Waals surface area contributed by atoms with Crippen molar-refractivity contribution < 1.29 is 4.79 Å². The summed E-state index contributed by atoms with van der Waals surface area (Å²) in [5.74, 6) is 0.818. The summed E-state index contributed by atoms with van der Waals surface area (Å²) in [6.07, 6.45) is 1.06. The Morgan fingerprint density at radius 1 is 1.19 bits per heavy atom. The zero-order valence-corrected chi connectivity index (χ0v) is 13.4. The first-order valence-electron chi connectivity index (χ1n) is 7.41. The number of carbonyl (C=O) groups excluding carboxylic acids is 1. The van der Waals surface area contributed by atoms with Crippen LogP contribution in [0.25, 0.3) is 0 Å². The minimum atomic E-state index is -0.0145. The highest BCUT2D eigenvalue weighted by molar-refractivity contribution is 5.92. The van der Waals surface area contributed by atoms with E-state index >= 15 is 0 Å². The Balaban J connectivity index is 2.49. The topological polar surface area (TPSA) is 65.5 Å². The fourth-order valence-corrected chi connectivity index (χ4v) is 1.64. The molecule has 0 aromatic heterocycles. The third-order valence-corrected chi connectivity index (χ3v) is 2.97. The van der Waals surface area contributed by atoms with Gasteiger partial charge in [-0.1, -0.05) is 32.9 Å². The highest BCUT2D eigenvalue weighted by Crippen LogP contribution is 2.10. The Kier molecular flexibility index (Phi) is 7.29. The van der Waals surface area contributed by atoms with Crippen molar-refractivity contribution in [1.29, 1.82) is 0 Å². The van der Waals surface area contributed by atoms with Gasteiger partial charge in [0.2, 0.25) is 5.91 Å². The predicted octanol–water partition coefficient (Wildman–Crippen LogP) is 2.36. The number of rotatable bonds is 6. The molecule has 0 unspecified atom stereocenters. The van der Waals surface area contributed by atoms with Crippen molar-refractivity contribution in [3.63, 3.8) is 0 Å². The average molecular weight is 290 g/mol. The van der Waals surface area contributed by atoms with E-state index < -0.39 is 0 Å². The summed E-state index contributed by atoms with van der Waals surface area (Å²) >= 11 is 0. The van der Waals surface area contributed by atoms with Crippen LogP contribution in [0.2, 0.25) is 0 Å². The Labute approximate surface area is 127 Å². The quantitative estimate of drug-likeness (QED) is 0.556. The number of guanidine groups is 1. The number of carbonyl (C=O) groups is 1. The van der Waals surface area contributed by atoms with E-state index in [0.29, 0.717) is 6.54 Å². The van der Waals surface area contributed by atoms with E-state index in [1.54, 1.807) is 7.05 Å². The smallest absolute Gasteiger partial charge is 0.226 e. The number of nitrogens with zero attached hydrogens (tertiary/aromatic N) is 1. The van der Waals surface area contributed by atoms with E-state index in [2.05, 4.69) is 27.9 Å². The van der Waals surface area contributed by atoms with Crippen molar-refractivity contribution in [2.45, 2.75) is 33.7 Å². The van der Waals surface area contributed by atoms with Crippen molar-refractivity contribution in [2.75, 3.05) is 18.9 Å². The second kappa shape index (κ2) is 9.00. The molecule has 116 valence electrons. The van der Waals surface area contributed by atoms with Crippen LogP contribution in [0, 0.1) is 5.92 Å². The molecular weight excluding hydrogens is 264 g/mol. The van der Waals surface area contributed by atoms with Crippen LogP contribution in [0.3, 0.4) is 0 Å². The highest BCUT2D eigenvalue weighted by atomic mass is 16.1. The molecule has 0 aliphatic heterocycles. The number of nitrogens with one attached hydrogen (secondary N) is 3. The first kappa shape index (κ1) is 17.0. The zero-order chi connectivity index (χ0) is 15.7. The normalized spacial score (nSPS) is 11.4. The summed E-state index contributed by atoms with van der Waals surface area (Å²) in [6.45, 7) is 7.47. The van der Waals surface area contributed by atoms with Crippen LogP contribution in [0.15, 0.2) is 29.3 Å². The van der Waals surface area contributed by atoms with Crippen molar-refractivity contribution in [2.24, 2.45) is 10.9 Å². The fourth-order valence-electron chi connectivity index (χ4n) is 1.64. The summed E-state index contributed by atoms with van der Waals surface area (Å²) in [4.78, 5) is 15.8. The summed E-state index contributed by atoms with van der Waals surface area (Å²) in [6, 6.07) is 7.82. The van der Waals surface area contributed by atoms with Crippen LogP contribution in [0.5, 0.6) is 0 Å². The highest BCUT2D eigenvalue weighted by Gasteiger charge is 2.06. The van der Waals surface area contributed by atoms with Gasteiger partial charge in [0.25, 0.3) is 0 Å². The van der Waals surface area contributed by atoms with E-state index in [-0.39, 0.29) is 11.8 Å². The third kappa shape index (κ3) is 6.29. The molecule has 5 heteroatoms. The van der Waals surface area contributed by atoms with E-state index in [1.807, 2.05) is 38.1 Å². The molecule has 1 aromatic rings. The Hall–Kier alpha value is -2.04. The lowest BCUT2D eigenvalue weighted by Crippen LogP contribution is -2.37. The van der Waals surface area contributed by atoms with Crippen LogP contribution < -0.4 is 16.0 Å². The lowest BCUT2D eigenvalue weighted by Gasteiger charge is -2.12. The lowest BCUT2D eigenvalue weighted by atomic mass is 10.1. The number of hydrogen-bond donors (Lipinski definition) is 3. The predicted molar refractivity (Wildman–Crippen MR) is 88.4 cm³/mol. The maximum absolute atomic E-state index is 11.6. The molecule has 1 rings (SSSR count). The summed E-state index contributed by atoms with van der Waals surface area (Å²) in [5, 5.41) is 9.35. The molecule has 0 aliphatic carbocycles. The van der Waals surface area contributed by atoms with Gasteiger partial charge in [0, 0.05) is 31.7 Å². The Morgan fingerprint density at radius 2 is 1.86 bits per heavy atom. The molecule has 0 aliphatic rings. The molecule has 0 bridgehead atoms. The van der Waals surface area contributed by atoms with Crippen molar-refractivity contribution in [3.05, 3.63) is 29.8 Å².